The second kappa shape index (κ2) is 9.63. The van der Waals surface area contributed by atoms with Crippen molar-refractivity contribution in [3.8, 4) is 0 Å². The van der Waals surface area contributed by atoms with Gasteiger partial charge in [0.2, 0.25) is 10.0 Å². The molecule has 0 heterocycles. The van der Waals surface area contributed by atoms with E-state index in [0.29, 0.717) is 17.9 Å². The number of carbonyl (C=O) groups is 1. The highest BCUT2D eigenvalue weighted by Gasteiger charge is 2.22. The summed E-state index contributed by atoms with van der Waals surface area (Å²) in [6.45, 7) is 4.22. The van der Waals surface area contributed by atoms with Crippen molar-refractivity contribution < 1.29 is 17.9 Å². The minimum atomic E-state index is -4.15. The van der Waals surface area contributed by atoms with Gasteiger partial charge in [0.1, 0.15) is 4.90 Å². The van der Waals surface area contributed by atoms with E-state index >= 15 is 0 Å². The molecule has 0 bridgehead atoms. The number of benzene rings is 3. The van der Waals surface area contributed by atoms with Crippen molar-refractivity contribution in [1.29, 1.82) is 0 Å². The van der Waals surface area contributed by atoms with Gasteiger partial charge in [-0.25, -0.2) is 18.4 Å². The number of ether oxygens (including phenoxy) is 1. The average molecular weight is 440 g/mol. The maximum atomic E-state index is 12.4. The zero-order valence-corrected chi connectivity index (χ0v) is 18.2. The Morgan fingerprint density at radius 1 is 1.03 bits per heavy atom. The molecule has 3 aromatic carbocycles. The summed E-state index contributed by atoms with van der Waals surface area (Å²) < 4.78 is 29.9. The van der Waals surface area contributed by atoms with Crippen LogP contribution in [0, 0.1) is 6.92 Å². The first-order chi connectivity index (χ1) is 14.8. The van der Waals surface area contributed by atoms with Crippen LogP contribution in [0.2, 0.25) is 0 Å². The molecule has 0 radical (unpaired) electrons. The molecule has 0 amide bonds. The van der Waals surface area contributed by atoms with Crippen molar-refractivity contribution in [1.82, 2.24) is 0 Å². The Kier molecular flexibility index (Phi) is 6.94. The second-order valence-electron chi connectivity index (χ2n) is 6.99. The van der Waals surface area contributed by atoms with E-state index in [9.17, 15) is 13.2 Å². The van der Waals surface area contributed by atoms with Crippen LogP contribution in [0.5, 0.6) is 0 Å². The van der Waals surface area contributed by atoms with E-state index in [1.807, 2.05) is 61.5 Å². The van der Waals surface area contributed by atoms with E-state index in [2.05, 4.69) is 10.6 Å². The number of nitrogens with two attached hydrogens (primary N) is 1. The van der Waals surface area contributed by atoms with Crippen LogP contribution >= 0.6 is 0 Å². The Labute approximate surface area is 182 Å². The van der Waals surface area contributed by atoms with E-state index < -0.39 is 16.0 Å². The van der Waals surface area contributed by atoms with E-state index in [4.69, 9.17) is 9.88 Å². The number of sulfonamides is 1. The molecule has 0 saturated carbocycles. The number of nitrogens with one attached hydrogen (secondary N) is 2. The number of aryl methyl sites for hydroxylation is 1. The van der Waals surface area contributed by atoms with Gasteiger partial charge in [-0.3, -0.25) is 0 Å². The van der Waals surface area contributed by atoms with Crippen molar-refractivity contribution in [3.05, 3.63) is 83.4 Å². The van der Waals surface area contributed by atoms with Gasteiger partial charge in [-0.15, -0.1) is 0 Å². The summed E-state index contributed by atoms with van der Waals surface area (Å²) in [6.07, 6.45) is 0. The summed E-state index contributed by atoms with van der Waals surface area (Å²) >= 11 is 0. The molecule has 0 fully saturated rings. The van der Waals surface area contributed by atoms with E-state index in [0.717, 1.165) is 11.1 Å². The normalized spacial score (nSPS) is 11.1. The molecule has 0 saturated heterocycles. The molecule has 162 valence electrons. The van der Waals surface area contributed by atoms with Gasteiger partial charge in [0.15, 0.2) is 0 Å². The first-order valence-corrected chi connectivity index (χ1v) is 11.3. The monoisotopic (exact) mass is 439 g/mol. The minimum absolute atomic E-state index is 0.0934. The van der Waals surface area contributed by atoms with E-state index in [1.54, 1.807) is 13.0 Å². The standard InChI is InChI=1S/C23H25N3O4S/c1-3-30-23(27)18-13-20(25-15-17-7-5-4-6-8-17)22(21(14-18)31(24,28)29)26-19-11-9-16(2)10-12-19/h4-14,25-26H,3,15H2,1-2H3,(H2,24,28,29). The summed E-state index contributed by atoms with van der Waals surface area (Å²) in [4.78, 5) is 12.2. The fourth-order valence-corrected chi connectivity index (χ4v) is 3.75. The molecular formula is C23H25N3O4S. The molecule has 7 nitrogen and oxygen atoms in total. The first kappa shape index (κ1) is 22.3. The average Bonchev–Trinajstić information content (AvgIpc) is 2.74. The lowest BCUT2D eigenvalue weighted by Crippen LogP contribution is -2.17. The quantitative estimate of drug-likeness (QED) is 0.454. The topological polar surface area (TPSA) is 111 Å². The van der Waals surface area contributed by atoms with Crippen molar-refractivity contribution in [3.63, 3.8) is 0 Å². The molecule has 3 aromatic rings. The summed E-state index contributed by atoms with van der Waals surface area (Å²) in [5, 5.41) is 11.9. The maximum absolute atomic E-state index is 12.4. The van der Waals surface area contributed by atoms with Gasteiger partial charge >= 0.3 is 5.97 Å². The summed E-state index contributed by atoms with van der Waals surface area (Å²) in [5.74, 6) is -0.628. The summed E-state index contributed by atoms with van der Waals surface area (Å²) in [5.41, 5.74) is 3.51. The Morgan fingerprint density at radius 3 is 2.32 bits per heavy atom. The first-order valence-electron chi connectivity index (χ1n) is 9.77. The molecule has 0 aliphatic rings. The van der Waals surface area contributed by atoms with Crippen LogP contribution in [-0.2, 0) is 21.3 Å². The van der Waals surface area contributed by atoms with Crippen molar-refractivity contribution in [2.75, 3.05) is 17.2 Å². The highest BCUT2D eigenvalue weighted by Crippen LogP contribution is 2.34. The van der Waals surface area contributed by atoms with Crippen LogP contribution < -0.4 is 15.8 Å². The molecule has 4 N–H and O–H groups in total. The maximum Gasteiger partial charge on any atom is 0.338 e. The Hall–Kier alpha value is -3.36. The third kappa shape index (κ3) is 5.84. The predicted octanol–water partition coefficient (Wildman–Crippen LogP) is 4.17. The summed E-state index contributed by atoms with van der Waals surface area (Å²) in [6, 6.07) is 19.9. The largest absolute Gasteiger partial charge is 0.462 e. The Bertz CT molecular complexity index is 1160. The third-order valence-corrected chi connectivity index (χ3v) is 5.50. The van der Waals surface area contributed by atoms with Crippen LogP contribution in [0.3, 0.4) is 0 Å². The molecule has 0 atom stereocenters. The van der Waals surface area contributed by atoms with Gasteiger partial charge in [0.25, 0.3) is 0 Å². The molecule has 0 aliphatic carbocycles. The predicted molar refractivity (Wildman–Crippen MR) is 122 cm³/mol. The number of hydrogen-bond donors (Lipinski definition) is 3. The lowest BCUT2D eigenvalue weighted by molar-refractivity contribution is 0.0526. The van der Waals surface area contributed by atoms with Gasteiger partial charge in [-0.05, 0) is 43.7 Å². The number of hydrogen-bond acceptors (Lipinski definition) is 6. The molecule has 0 aliphatic heterocycles. The van der Waals surface area contributed by atoms with Gasteiger partial charge in [0, 0.05) is 12.2 Å². The zero-order valence-electron chi connectivity index (χ0n) is 17.4. The molecule has 0 spiro atoms. The van der Waals surface area contributed by atoms with Crippen molar-refractivity contribution in [2.45, 2.75) is 25.3 Å². The number of rotatable bonds is 8. The van der Waals surface area contributed by atoms with E-state index in [1.165, 1.54) is 6.07 Å². The molecule has 31 heavy (non-hydrogen) atoms. The molecule has 0 unspecified atom stereocenters. The number of esters is 1. The van der Waals surface area contributed by atoms with Crippen LogP contribution in [0.25, 0.3) is 0 Å². The van der Waals surface area contributed by atoms with Crippen LogP contribution in [-0.4, -0.2) is 21.0 Å². The van der Waals surface area contributed by atoms with Crippen molar-refractivity contribution >= 4 is 33.1 Å². The third-order valence-electron chi connectivity index (χ3n) is 4.57. The fraction of sp³-hybridized carbons (Fsp3) is 0.174. The highest BCUT2D eigenvalue weighted by molar-refractivity contribution is 7.89. The molecule has 8 heteroatoms. The van der Waals surface area contributed by atoms with Gasteiger partial charge < -0.3 is 15.4 Å². The zero-order chi connectivity index (χ0) is 22.4. The molecule has 0 aromatic heterocycles. The SMILES string of the molecule is CCOC(=O)c1cc(NCc2ccccc2)c(Nc2ccc(C)cc2)c(S(N)(=O)=O)c1. The van der Waals surface area contributed by atoms with Gasteiger partial charge in [-0.1, -0.05) is 48.0 Å². The number of primary sulfonamides is 1. The lowest BCUT2D eigenvalue weighted by Gasteiger charge is -2.19. The Balaban J connectivity index is 2.10. The highest BCUT2D eigenvalue weighted by atomic mass is 32.2. The van der Waals surface area contributed by atoms with Gasteiger partial charge in [-0.2, -0.15) is 0 Å². The minimum Gasteiger partial charge on any atom is -0.462 e. The molecule has 3 rings (SSSR count). The number of carbonyl (C=O) groups excluding carboxylic acids is 1. The van der Waals surface area contributed by atoms with Crippen LogP contribution in [0.15, 0.2) is 71.6 Å². The number of anilines is 3. The van der Waals surface area contributed by atoms with Crippen LogP contribution in [0.1, 0.15) is 28.4 Å². The molecular weight excluding hydrogens is 414 g/mol. The Morgan fingerprint density at radius 2 is 1.71 bits per heavy atom. The van der Waals surface area contributed by atoms with Crippen LogP contribution in [0.4, 0.5) is 17.1 Å². The smallest absolute Gasteiger partial charge is 0.338 e. The lowest BCUT2D eigenvalue weighted by atomic mass is 10.1. The summed E-state index contributed by atoms with van der Waals surface area (Å²) in [7, 11) is -4.15. The van der Waals surface area contributed by atoms with Gasteiger partial charge in [0.05, 0.1) is 23.5 Å². The van der Waals surface area contributed by atoms with Crippen molar-refractivity contribution in [2.24, 2.45) is 5.14 Å². The van der Waals surface area contributed by atoms with E-state index in [-0.39, 0.29) is 22.8 Å². The fourth-order valence-electron chi connectivity index (χ4n) is 3.01. The second-order valence-corrected chi connectivity index (χ2v) is 8.52.